The molecule has 4 aromatic rings. The molecule has 366 valence electrons. The molecule has 0 radical (unpaired) electrons. The first-order valence-electron chi connectivity index (χ1n) is 22.0. The van der Waals surface area contributed by atoms with Crippen LogP contribution in [0.3, 0.4) is 0 Å². The van der Waals surface area contributed by atoms with Crippen molar-refractivity contribution in [3.05, 3.63) is 155 Å². The van der Waals surface area contributed by atoms with Gasteiger partial charge in [-0.2, -0.15) is 19.2 Å². The Hall–Kier alpha value is -5.23. The molecule has 3 aromatic carbocycles. The smallest absolute Gasteiger partial charge is 0.373 e. The van der Waals surface area contributed by atoms with Gasteiger partial charge in [-0.3, -0.25) is 4.79 Å². The minimum absolute atomic E-state index is 0. The molecule has 0 aliphatic rings. The van der Waals surface area contributed by atoms with Crippen LogP contribution in [0.4, 0.5) is 0 Å². The number of hydrogen-bond acceptors (Lipinski definition) is 11. The number of pyridine rings is 1. The van der Waals surface area contributed by atoms with E-state index >= 15 is 0 Å². The number of carbonyl (C=O) groups is 2. The number of aromatic nitrogens is 1. The van der Waals surface area contributed by atoms with E-state index in [0.717, 1.165) is 57.8 Å². The predicted octanol–water partition coefficient (Wildman–Crippen LogP) is 13.7. The van der Waals surface area contributed by atoms with Crippen LogP contribution in [0, 0.1) is 0 Å². The molecule has 68 heavy (non-hydrogen) atoms. The normalized spacial score (nSPS) is 12.2. The number of aliphatic hydroxyl groups is 1. The fourth-order valence-corrected chi connectivity index (χ4v) is 9.67. The molecular formula is C54H67ClN2O8S3. The standard InChI is InChI=1S/C26H36O3S.C25H27ClN2OS2.2CO2.CH4/c1-3-5-6-7-8-9-10-11-12-13-14-15-17-25(24(27)16-4-2)30-23-20-18-22(19-21-23)26(28)29;1-4-30-25(31-15-14-24(29)28(2)3)20-7-5-6-18(16-20)8-12-22-13-10-19-9-11-21(26)17-23(19)27-22;2*2-1-3;/h8-9,11-15,17-21,24-25,27H,3-7,10,16H2,1-2H3,(H,28,29);5-13,16-17,25H,4,14-15H2,1-3H3;;;1H4/b9-8-,12-11-,14-13+,17-15+;12-8+;;;/t24-,25+;;;;/m0..../s1. The molecule has 3 atom stereocenters. The fraction of sp³-hybridized carbons (Fsp3) is 0.352. The van der Waals surface area contributed by atoms with Crippen LogP contribution in [-0.4, -0.2) is 81.2 Å². The summed E-state index contributed by atoms with van der Waals surface area (Å²) in [5.74, 6) is 1.09. The second kappa shape index (κ2) is 39.7. The lowest BCUT2D eigenvalue weighted by Crippen LogP contribution is -2.21. The lowest BCUT2D eigenvalue weighted by Gasteiger charge is -2.19. The van der Waals surface area contributed by atoms with Gasteiger partial charge in [0.2, 0.25) is 5.91 Å². The Balaban J connectivity index is 0.00000117. The number of aromatic carboxylic acids is 1. The van der Waals surface area contributed by atoms with E-state index in [1.54, 1.807) is 55.0 Å². The maximum Gasteiger partial charge on any atom is 0.373 e. The van der Waals surface area contributed by atoms with Crippen LogP contribution in [0.15, 0.2) is 132 Å². The summed E-state index contributed by atoms with van der Waals surface area (Å²) in [5.41, 5.74) is 4.47. The van der Waals surface area contributed by atoms with E-state index in [-0.39, 0.29) is 36.5 Å². The Morgan fingerprint density at radius 1 is 0.809 bits per heavy atom. The zero-order valence-electron chi connectivity index (χ0n) is 38.9. The average molecular weight is 1000 g/mol. The molecule has 10 nitrogen and oxygen atoms in total. The first kappa shape index (κ1) is 62.8. The summed E-state index contributed by atoms with van der Waals surface area (Å²) in [6.45, 7) is 6.45. The average Bonchev–Trinajstić information content (AvgIpc) is 3.31. The quantitative estimate of drug-likeness (QED) is 0.0225. The van der Waals surface area contributed by atoms with Gasteiger partial charge >= 0.3 is 18.3 Å². The molecule has 1 unspecified atom stereocenters. The van der Waals surface area contributed by atoms with Crippen molar-refractivity contribution in [1.29, 1.82) is 0 Å². The number of halogens is 1. The summed E-state index contributed by atoms with van der Waals surface area (Å²) in [7, 11) is 3.61. The van der Waals surface area contributed by atoms with Gasteiger partial charge in [0.25, 0.3) is 0 Å². The lowest BCUT2D eigenvalue weighted by molar-refractivity contribution is -0.193. The molecule has 2 N–H and O–H groups in total. The zero-order chi connectivity index (χ0) is 49.7. The number of allylic oxidation sites excluding steroid dienone is 7. The summed E-state index contributed by atoms with van der Waals surface area (Å²) in [6.07, 6.45) is 28.9. The first-order valence-corrected chi connectivity index (χ1v) is 25.3. The largest absolute Gasteiger partial charge is 0.478 e. The maximum absolute atomic E-state index is 11.9. The molecule has 0 bridgehead atoms. The number of aliphatic hydroxyl groups excluding tert-OH is 1. The Morgan fingerprint density at radius 3 is 2.15 bits per heavy atom. The van der Waals surface area contributed by atoms with Crippen molar-refractivity contribution in [2.75, 3.05) is 25.6 Å². The van der Waals surface area contributed by atoms with Crippen LogP contribution in [0.5, 0.6) is 0 Å². The van der Waals surface area contributed by atoms with Crippen molar-refractivity contribution in [1.82, 2.24) is 9.88 Å². The van der Waals surface area contributed by atoms with E-state index in [0.29, 0.717) is 16.0 Å². The van der Waals surface area contributed by atoms with Crippen molar-refractivity contribution in [2.24, 2.45) is 0 Å². The highest BCUT2D eigenvalue weighted by atomic mass is 35.5. The minimum atomic E-state index is -0.931. The summed E-state index contributed by atoms with van der Waals surface area (Å²) in [5, 5.41) is 21.2. The molecule has 0 aliphatic carbocycles. The van der Waals surface area contributed by atoms with Gasteiger partial charge in [0.15, 0.2) is 0 Å². The molecule has 4 rings (SSSR count). The fourth-order valence-electron chi connectivity index (χ4n) is 5.86. The molecular weight excluding hydrogens is 936 g/mol. The summed E-state index contributed by atoms with van der Waals surface area (Å²) in [4.78, 5) is 62.7. The molecule has 0 aliphatic heterocycles. The van der Waals surface area contributed by atoms with Crippen LogP contribution in [-0.2, 0) is 24.0 Å². The highest BCUT2D eigenvalue weighted by molar-refractivity contribution is 8.16. The van der Waals surface area contributed by atoms with E-state index in [1.165, 1.54) is 31.2 Å². The number of benzene rings is 3. The number of carbonyl (C=O) groups excluding carboxylic acids is 5. The summed E-state index contributed by atoms with van der Waals surface area (Å²) in [6, 6.07) is 25.2. The Morgan fingerprint density at radius 2 is 1.50 bits per heavy atom. The van der Waals surface area contributed by atoms with Crippen molar-refractivity contribution >= 4 is 94.1 Å². The molecule has 1 amide bonds. The number of hydrogen-bond donors (Lipinski definition) is 2. The SMILES string of the molecule is C.CCCCC/C=C\C\C=C/C=C/C=C/[C@@H](Sc1ccc(C(=O)O)cc1)[C@@H](O)CCC.CCSC(SCCC(=O)N(C)C)c1cccc(/C=C/c2ccc3ccc(Cl)cc3n2)c1.O=C=O.O=C=O. The molecule has 1 aromatic heterocycles. The third-order valence-electron chi connectivity index (χ3n) is 9.23. The number of thioether (sulfide) groups is 3. The first-order chi connectivity index (χ1) is 32.4. The van der Waals surface area contributed by atoms with Gasteiger partial charge in [0, 0.05) is 41.6 Å². The Labute approximate surface area is 421 Å². The molecule has 0 saturated carbocycles. The van der Waals surface area contributed by atoms with Gasteiger partial charge in [-0.05, 0) is 97.2 Å². The van der Waals surface area contributed by atoms with E-state index in [1.807, 2.05) is 84.2 Å². The van der Waals surface area contributed by atoms with Gasteiger partial charge in [-0.1, -0.05) is 144 Å². The molecule has 0 fully saturated rings. The van der Waals surface area contributed by atoms with Crippen molar-refractivity contribution in [3.8, 4) is 0 Å². The lowest BCUT2D eigenvalue weighted by atomic mass is 10.1. The molecule has 1 heterocycles. The molecule has 0 spiro atoms. The third kappa shape index (κ3) is 28.2. The highest BCUT2D eigenvalue weighted by Gasteiger charge is 2.17. The number of amides is 1. The second-order valence-electron chi connectivity index (χ2n) is 14.6. The number of carboxylic acid groups (broad SMARTS) is 1. The maximum atomic E-state index is 11.9. The van der Waals surface area contributed by atoms with Crippen LogP contribution in [0.25, 0.3) is 23.1 Å². The second-order valence-corrected chi connectivity index (χ2v) is 19.2. The highest BCUT2D eigenvalue weighted by Crippen LogP contribution is 2.40. The number of carboxylic acids is 1. The monoisotopic (exact) mass is 1000 g/mol. The van der Waals surface area contributed by atoms with E-state index < -0.39 is 12.1 Å². The van der Waals surface area contributed by atoms with Crippen molar-refractivity contribution in [3.63, 3.8) is 0 Å². The zero-order valence-corrected chi connectivity index (χ0v) is 42.1. The van der Waals surface area contributed by atoms with Crippen molar-refractivity contribution in [2.45, 2.75) is 100 Å². The van der Waals surface area contributed by atoms with Crippen LogP contribution in [0.2, 0.25) is 5.02 Å². The number of fused-ring (bicyclic) bond motifs is 1. The van der Waals surface area contributed by atoms with E-state index in [9.17, 15) is 14.7 Å². The van der Waals surface area contributed by atoms with Gasteiger partial charge in [0.1, 0.15) is 0 Å². The van der Waals surface area contributed by atoms with E-state index in [2.05, 4.69) is 75.4 Å². The van der Waals surface area contributed by atoms with Gasteiger partial charge < -0.3 is 15.1 Å². The third-order valence-corrected chi connectivity index (χ3v) is 13.5. The Bertz CT molecular complexity index is 2250. The van der Waals surface area contributed by atoms with Crippen LogP contribution >= 0.6 is 46.9 Å². The Kier molecular flexibility index (Phi) is 36.7. The van der Waals surface area contributed by atoms with Crippen LogP contribution in [0.1, 0.15) is 111 Å². The minimum Gasteiger partial charge on any atom is -0.478 e. The predicted molar refractivity (Wildman–Crippen MR) is 285 cm³/mol. The van der Waals surface area contributed by atoms with Gasteiger partial charge in [-0.25, -0.2) is 9.78 Å². The topological polar surface area (TPSA) is 159 Å². The van der Waals surface area contributed by atoms with Gasteiger partial charge in [-0.15, -0.1) is 35.3 Å². The van der Waals surface area contributed by atoms with E-state index in [4.69, 9.17) is 40.9 Å². The summed E-state index contributed by atoms with van der Waals surface area (Å²) < 4.78 is 0.314. The van der Waals surface area contributed by atoms with Gasteiger partial charge in [0.05, 0.1) is 32.7 Å². The molecule has 0 saturated heterocycles. The number of unbranched alkanes of at least 4 members (excludes halogenated alkanes) is 3. The molecule has 14 heteroatoms. The summed E-state index contributed by atoms with van der Waals surface area (Å²) >= 11 is 11.4. The van der Waals surface area contributed by atoms with Crippen LogP contribution < -0.4 is 0 Å². The van der Waals surface area contributed by atoms with Crippen molar-refractivity contribution < 1.29 is 39.0 Å². The number of rotatable bonds is 24. The number of nitrogens with zero attached hydrogens (tertiary/aromatic N) is 2.